The predicted molar refractivity (Wildman–Crippen MR) is 75.6 cm³/mol. The summed E-state index contributed by atoms with van der Waals surface area (Å²) < 4.78 is 24.4. The zero-order valence-electron chi connectivity index (χ0n) is 11.6. The molecule has 0 atom stereocenters. The van der Waals surface area contributed by atoms with Gasteiger partial charge in [0, 0.05) is 19.8 Å². The maximum atomic E-state index is 11.6. The molecule has 5 nitrogen and oxygen atoms in total. The monoisotopic (exact) mass is 273 g/mol. The smallest absolute Gasteiger partial charge is 0.242 e. The Hall–Kier alpha value is -1.11. The molecule has 104 valence electrons. The number of nitrogen functional groups attached to an aromatic ring is 1. The number of nitrogens with two attached hydrogens (primary N) is 1. The number of benzene rings is 1. The van der Waals surface area contributed by atoms with E-state index in [4.69, 9.17) is 5.84 Å². The van der Waals surface area contributed by atoms with Crippen molar-refractivity contribution in [1.82, 2.24) is 4.31 Å². The van der Waals surface area contributed by atoms with Crippen LogP contribution in [-0.2, 0) is 10.0 Å². The molecule has 0 aromatic heterocycles. The van der Waals surface area contributed by atoms with Crippen molar-refractivity contribution in [3.63, 3.8) is 0 Å². The van der Waals surface area contributed by atoms with E-state index in [1.807, 2.05) is 0 Å². The quantitative estimate of drug-likeness (QED) is 0.651. The summed E-state index contributed by atoms with van der Waals surface area (Å²) in [5.41, 5.74) is 3.10. The van der Waals surface area contributed by atoms with E-state index in [9.17, 15) is 8.42 Å². The van der Waals surface area contributed by atoms with Crippen LogP contribution in [-0.4, -0.2) is 26.8 Å². The normalized spacial score (nSPS) is 11.1. The van der Waals surface area contributed by atoms with Gasteiger partial charge in [-0.05, 0) is 30.2 Å². The number of hydrazine groups is 1. The highest BCUT2D eigenvalue weighted by molar-refractivity contribution is 7.89. The van der Waals surface area contributed by atoms with Crippen molar-refractivity contribution in [2.24, 2.45) is 11.8 Å². The molecule has 0 saturated carbocycles. The third-order valence-electron chi connectivity index (χ3n) is 1.80. The lowest BCUT2D eigenvalue weighted by molar-refractivity contribution is 0.521. The van der Waals surface area contributed by atoms with Gasteiger partial charge in [0.05, 0.1) is 4.90 Å². The molecule has 1 aromatic carbocycles. The van der Waals surface area contributed by atoms with E-state index in [2.05, 4.69) is 26.2 Å². The van der Waals surface area contributed by atoms with Gasteiger partial charge in [-0.2, -0.15) is 0 Å². The van der Waals surface area contributed by atoms with Crippen molar-refractivity contribution in [2.45, 2.75) is 25.7 Å². The summed E-state index contributed by atoms with van der Waals surface area (Å²) in [7, 11) is -0.356. The van der Waals surface area contributed by atoms with Gasteiger partial charge in [0.25, 0.3) is 0 Å². The van der Waals surface area contributed by atoms with Gasteiger partial charge in [-0.25, -0.2) is 12.7 Å². The van der Waals surface area contributed by atoms with E-state index in [0.717, 1.165) is 10.2 Å². The Morgan fingerprint density at radius 1 is 1.11 bits per heavy atom. The molecule has 0 amide bonds. The number of nitrogens with one attached hydrogen (secondary N) is 1. The molecule has 0 aliphatic heterocycles. The topological polar surface area (TPSA) is 75.4 Å². The summed E-state index contributed by atoms with van der Waals surface area (Å²) in [6.45, 7) is 6.50. The second-order valence-corrected chi connectivity index (χ2v) is 6.84. The molecule has 3 N–H and O–H groups in total. The Bertz CT molecular complexity index is 436. The predicted octanol–water partition coefficient (Wildman–Crippen LogP) is 1.88. The maximum Gasteiger partial charge on any atom is 0.242 e. The molecule has 0 aliphatic carbocycles. The summed E-state index contributed by atoms with van der Waals surface area (Å²) in [5, 5.41) is 0. The largest absolute Gasteiger partial charge is 0.324 e. The molecule has 1 aromatic rings. The minimum absolute atomic E-state index is 0.251. The number of sulfonamides is 1. The number of rotatable bonds is 3. The lowest BCUT2D eigenvalue weighted by Crippen LogP contribution is -2.22. The highest BCUT2D eigenvalue weighted by Crippen LogP contribution is 2.15. The zero-order chi connectivity index (χ0) is 14.3. The van der Waals surface area contributed by atoms with Crippen molar-refractivity contribution in [1.29, 1.82) is 0 Å². The van der Waals surface area contributed by atoms with E-state index >= 15 is 0 Å². The van der Waals surface area contributed by atoms with Gasteiger partial charge in [0.1, 0.15) is 0 Å². The Balaban J connectivity index is 0.000000631. The Kier molecular flexibility index (Phi) is 6.90. The zero-order valence-corrected chi connectivity index (χ0v) is 12.5. The van der Waals surface area contributed by atoms with Crippen LogP contribution in [0.15, 0.2) is 29.2 Å². The lowest BCUT2D eigenvalue weighted by Gasteiger charge is -2.11. The van der Waals surface area contributed by atoms with Gasteiger partial charge in [-0.1, -0.05) is 20.8 Å². The maximum absolute atomic E-state index is 11.6. The second-order valence-electron chi connectivity index (χ2n) is 4.69. The van der Waals surface area contributed by atoms with E-state index in [0.29, 0.717) is 5.69 Å². The van der Waals surface area contributed by atoms with Crippen molar-refractivity contribution in [2.75, 3.05) is 19.5 Å². The van der Waals surface area contributed by atoms with Gasteiger partial charge in [0.2, 0.25) is 10.0 Å². The first-order chi connectivity index (χ1) is 8.21. The summed E-state index contributed by atoms with van der Waals surface area (Å²) >= 11 is 0. The number of anilines is 1. The fraction of sp³-hybridized carbons (Fsp3) is 0.500. The summed E-state index contributed by atoms with van der Waals surface area (Å²) in [5.74, 6) is 5.99. The molecule has 0 radical (unpaired) electrons. The fourth-order valence-electron chi connectivity index (χ4n) is 0.934. The van der Waals surface area contributed by atoms with Gasteiger partial charge < -0.3 is 5.43 Å². The Labute approximate surface area is 110 Å². The van der Waals surface area contributed by atoms with Crippen LogP contribution in [0.1, 0.15) is 20.8 Å². The molecule has 18 heavy (non-hydrogen) atoms. The average molecular weight is 273 g/mol. The highest BCUT2D eigenvalue weighted by atomic mass is 32.2. The van der Waals surface area contributed by atoms with Crippen LogP contribution in [0.5, 0.6) is 0 Å². The van der Waals surface area contributed by atoms with Crippen LogP contribution < -0.4 is 11.3 Å². The SMILES string of the molecule is CC(C)C.CN(C)S(=O)(=O)c1ccc(NN)cc1. The molecule has 0 spiro atoms. The Morgan fingerprint density at radius 2 is 1.50 bits per heavy atom. The summed E-state index contributed by atoms with van der Waals surface area (Å²) in [6, 6.07) is 6.22. The molecule has 1 rings (SSSR count). The second kappa shape index (κ2) is 7.35. The van der Waals surface area contributed by atoms with Crippen molar-refractivity contribution in [3.8, 4) is 0 Å². The minimum Gasteiger partial charge on any atom is -0.324 e. The first-order valence-corrected chi connectivity index (χ1v) is 7.15. The molecule has 0 heterocycles. The first-order valence-electron chi connectivity index (χ1n) is 5.71. The van der Waals surface area contributed by atoms with Crippen molar-refractivity contribution in [3.05, 3.63) is 24.3 Å². The minimum atomic E-state index is -3.34. The van der Waals surface area contributed by atoms with Crippen LogP contribution in [0.25, 0.3) is 0 Å². The average Bonchev–Trinajstić information content (AvgIpc) is 2.28. The van der Waals surface area contributed by atoms with Crippen LogP contribution in [0.4, 0.5) is 5.69 Å². The third kappa shape index (κ3) is 5.48. The molecule has 0 bridgehead atoms. The fourth-order valence-corrected chi connectivity index (χ4v) is 1.84. The van der Waals surface area contributed by atoms with E-state index in [1.165, 1.54) is 26.2 Å². The number of hydrogen-bond donors (Lipinski definition) is 2. The summed E-state index contributed by atoms with van der Waals surface area (Å²) in [6.07, 6.45) is 0. The molecule has 0 saturated heterocycles. The van der Waals surface area contributed by atoms with E-state index in [-0.39, 0.29) is 4.90 Å². The van der Waals surface area contributed by atoms with Crippen molar-refractivity contribution >= 4 is 15.7 Å². The molecule has 0 unspecified atom stereocenters. The number of nitrogens with zero attached hydrogens (tertiary/aromatic N) is 1. The molecule has 0 fully saturated rings. The van der Waals surface area contributed by atoms with Crippen LogP contribution >= 0.6 is 0 Å². The lowest BCUT2D eigenvalue weighted by atomic mass is 10.3. The third-order valence-corrected chi connectivity index (χ3v) is 3.63. The van der Waals surface area contributed by atoms with E-state index in [1.54, 1.807) is 12.1 Å². The summed E-state index contributed by atoms with van der Waals surface area (Å²) in [4.78, 5) is 0.251. The number of hydrogen-bond acceptors (Lipinski definition) is 4. The molecule has 0 aliphatic rings. The molecular formula is C12H23N3O2S. The first kappa shape index (κ1) is 16.9. The van der Waals surface area contributed by atoms with Crippen LogP contribution in [0.3, 0.4) is 0 Å². The van der Waals surface area contributed by atoms with Gasteiger partial charge in [-0.3, -0.25) is 5.84 Å². The van der Waals surface area contributed by atoms with Crippen LogP contribution in [0, 0.1) is 5.92 Å². The van der Waals surface area contributed by atoms with Gasteiger partial charge in [0.15, 0.2) is 0 Å². The van der Waals surface area contributed by atoms with Crippen molar-refractivity contribution < 1.29 is 8.42 Å². The molecule has 6 heteroatoms. The molecular weight excluding hydrogens is 250 g/mol. The standard InChI is InChI=1S/C8H13N3O2S.C4H10/c1-11(2)14(12,13)8-5-3-7(10-9)4-6-8;1-4(2)3/h3-6,10H,9H2,1-2H3;4H,1-3H3. The van der Waals surface area contributed by atoms with Gasteiger partial charge in [-0.15, -0.1) is 0 Å². The van der Waals surface area contributed by atoms with Crippen LogP contribution in [0.2, 0.25) is 0 Å². The van der Waals surface area contributed by atoms with Gasteiger partial charge >= 0.3 is 0 Å². The van der Waals surface area contributed by atoms with E-state index < -0.39 is 10.0 Å². The highest BCUT2D eigenvalue weighted by Gasteiger charge is 2.16. The Morgan fingerprint density at radius 3 is 1.78 bits per heavy atom.